The largest absolute Gasteiger partial charge is 0.388 e. The van der Waals surface area contributed by atoms with Crippen LogP contribution in [0.1, 0.15) is 38.2 Å². The highest BCUT2D eigenvalue weighted by Gasteiger charge is 2.38. The predicted molar refractivity (Wildman–Crippen MR) is 112 cm³/mol. The van der Waals surface area contributed by atoms with Crippen LogP contribution in [0.5, 0.6) is 0 Å². The van der Waals surface area contributed by atoms with Gasteiger partial charge in [0.05, 0.1) is 11.5 Å². The standard InChI is InChI=1S/C20H23N5O3S/c1-3-4-5-6-9-14-22-15-18(21-2)23-17(13-8-7-10-29-13)24-19(15)25(14)20-16(27)12(26)11-28-20/h7-8,10,12,16,20,26-27H,3-5,11H2,1-2H3,(H,21,23,24)/t12-,16-,20-/m1/s1. The minimum atomic E-state index is -1.10. The Morgan fingerprint density at radius 2 is 2.21 bits per heavy atom. The van der Waals surface area contributed by atoms with E-state index in [9.17, 15) is 10.2 Å². The molecule has 3 N–H and O–H groups in total. The normalized spacial score (nSPS) is 21.3. The summed E-state index contributed by atoms with van der Waals surface area (Å²) in [6.45, 7) is 2.15. The summed E-state index contributed by atoms with van der Waals surface area (Å²) in [6.07, 6.45) is -0.0786. The third-order valence-corrected chi connectivity index (χ3v) is 5.62. The van der Waals surface area contributed by atoms with Crippen molar-refractivity contribution in [1.82, 2.24) is 19.5 Å². The van der Waals surface area contributed by atoms with Crippen molar-refractivity contribution in [3.63, 3.8) is 0 Å². The molecule has 1 aliphatic heterocycles. The molecule has 152 valence electrons. The number of aliphatic hydroxyl groups excluding tert-OH is 2. The zero-order valence-electron chi connectivity index (χ0n) is 16.3. The molecule has 4 heterocycles. The monoisotopic (exact) mass is 413 g/mol. The lowest BCUT2D eigenvalue weighted by Gasteiger charge is -2.18. The fourth-order valence-corrected chi connectivity index (χ4v) is 3.87. The molecule has 8 nitrogen and oxygen atoms in total. The van der Waals surface area contributed by atoms with Gasteiger partial charge in [-0.1, -0.05) is 25.3 Å². The molecule has 0 aromatic carbocycles. The van der Waals surface area contributed by atoms with Crippen molar-refractivity contribution in [1.29, 1.82) is 0 Å². The smallest absolute Gasteiger partial charge is 0.189 e. The second-order valence-electron chi connectivity index (χ2n) is 6.79. The second-order valence-corrected chi connectivity index (χ2v) is 7.74. The molecule has 1 saturated heterocycles. The fraction of sp³-hybridized carbons (Fsp3) is 0.450. The Labute approximate surface area is 172 Å². The Morgan fingerprint density at radius 1 is 1.34 bits per heavy atom. The van der Waals surface area contributed by atoms with Crippen molar-refractivity contribution in [2.24, 2.45) is 0 Å². The molecule has 0 aliphatic carbocycles. The summed E-state index contributed by atoms with van der Waals surface area (Å²) >= 11 is 1.54. The summed E-state index contributed by atoms with van der Waals surface area (Å²) in [7, 11) is 1.77. The van der Waals surface area contributed by atoms with Gasteiger partial charge in [0.25, 0.3) is 0 Å². The number of rotatable bonds is 5. The van der Waals surface area contributed by atoms with Gasteiger partial charge >= 0.3 is 0 Å². The van der Waals surface area contributed by atoms with E-state index in [-0.39, 0.29) is 6.61 Å². The molecular weight excluding hydrogens is 390 g/mol. The zero-order chi connectivity index (χ0) is 20.4. The number of ether oxygens (including phenoxy) is 1. The van der Waals surface area contributed by atoms with Gasteiger partial charge in [-0.05, 0) is 23.8 Å². The van der Waals surface area contributed by atoms with Crippen molar-refractivity contribution in [3.05, 3.63) is 23.3 Å². The number of fused-ring (bicyclic) bond motifs is 1. The lowest BCUT2D eigenvalue weighted by atomic mass is 10.2. The summed E-state index contributed by atoms with van der Waals surface area (Å²) in [5.41, 5.74) is 1.05. The predicted octanol–water partition coefficient (Wildman–Crippen LogP) is 2.39. The Morgan fingerprint density at radius 3 is 2.86 bits per heavy atom. The van der Waals surface area contributed by atoms with Crippen LogP contribution in [0, 0.1) is 11.8 Å². The molecule has 1 fully saturated rings. The molecule has 1 aliphatic rings. The highest BCUT2D eigenvalue weighted by molar-refractivity contribution is 7.13. The number of hydrogen-bond donors (Lipinski definition) is 3. The van der Waals surface area contributed by atoms with E-state index in [4.69, 9.17) is 9.72 Å². The third kappa shape index (κ3) is 3.72. The lowest BCUT2D eigenvalue weighted by molar-refractivity contribution is -0.0167. The van der Waals surface area contributed by atoms with Gasteiger partial charge in [-0.2, -0.15) is 0 Å². The molecule has 0 saturated carbocycles. The van der Waals surface area contributed by atoms with Crippen LogP contribution in [0.25, 0.3) is 21.9 Å². The van der Waals surface area contributed by atoms with Crippen molar-refractivity contribution < 1.29 is 14.9 Å². The number of aliphatic hydroxyl groups is 2. The SMILES string of the molecule is CCCCC#Cc1nc2c(NC)nc(-c3cccs3)nc2n1[C@@H]1OC[C@@H](O)[C@H]1O. The highest BCUT2D eigenvalue weighted by atomic mass is 32.1. The van der Waals surface area contributed by atoms with E-state index >= 15 is 0 Å². The Balaban J connectivity index is 1.91. The quantitative estimate of drug-likeness (QED) is 0.436. The maximum absolute atomic E-state index is 10.5. The van der Waals surface area contributed by atoms with Gasteiger partial charge in [-0.15, -0.1) is 11.3 Å². The summed E-state index contributed by atoms with van der Waals surface area (Å²) < 4.78 is 7.35. The van der Waals surface area contributed by atoms with Crippen molar-refractivity contribution in [2.75, 3.05) is 19.0 Å². The molecule has 0 amide bonds. The van der Waals surface area contributed by atoms with Gasteiger partial charge in [0.2, 0.25) is 0 Å². The van der Waals surface area contributed by atoms with Crippen LogP contribution in [0.15, 0.2) is 17.5 Å². The van der Waals surface area contributed by atoms with E-state index in [1.54, 1.807) is 11.6 Å². The number of aromatic nitrogens is 4. The van der Waals surface area contributed by atoms with Crippen LogP contribution < -0.4 is 5.32 Å². The summed E-state index contributed by atoms with van der Waals surface area (Å²) in [6, 6.07) is 3.89. The number of anilines is 1. The highest BCUT2D eigenvalue weighted by Crippen LogP contribution is 2.33. The number of nitrogens with zero attached hydrogens (tertiary/aromatic N) is 4. The van der Waals surface area contributed by atoms with Crippen LogP contribution in [-0.2, 0) is 4.74 Å². The summed E-state index contributed by atoms with van der Waals surface area (Å²) in [4.78, 5) is 14.9. The molecule has 4 rings (SSSR count). The molecule has 0 unspecified atom stereocenters. The van der Waals surface area contributed by atoms with Gasteiger partial charge in [-0.25, -0.2) is 15.0 Å². The molecule has 29 heavy (non-hydrogen) atoms. The molecule has 0 spiro atoms. The lowest BCUT2D eigenvalue weighted by Crippen LogP contribution is -2.29. The molecule has 3 aromatic heterocycles. The van der Waals surface area contributed by atoms with Gasteiger partial charge in [0.15, 0.2) is 34.9 Å². The number of nitrogens with one attached hydrogen (secondary N) is 1. The molecule has 3 aromatic rings. The van der Waals surface area contributed by atoms with E-state index in [1.807, 2.05) is 17.5 Å². The van der Waals surface area contributed by atoms with Gasteiger partial charge < -0.3 is 20.3 Å². The average Bonchev–Trinajstić information content (AvgIpc) is 3.45. The summed E-state index contributed by atoms with van der Waals surface area (Å²) in [5, 5.41) is 25.5. The van der Waals surface area contributed by atoms with E-state index in [1.165, 1.54) is 11.3 Å². The van der Waals surface area contributed by atoms with E-state index in [2.05, 4.69) is 34.0 Å². The van der Waals surface area contributed by atoms with Crippen molar-refractivity contribution in [3.8, 4) is 22.5 Å². The minimum absolute atomic E-state index is 0.0377. The second kappa shape index (κ2) is 8.47. The van der Waals surface area contributed by atoms with Crippen LogP contribution >= 0.6 is 11.3 Å². The van der Waals surface area contributed by atoms with Crippen LogP contribution in [-0.4, -0.2) is 55.6 Å². The topological polar surface area (TPSA) is 105 Å². The van der Waals surface area contributed by atoms with Gasteiger partial charge in [-0.3, -0.25) is 4.57 Å². The number of thiophene rings is 1. The van der Waals surface area contributed by atoms with Crippen LogP contribution in [0.4, 0.5) is 5.82 Å². The van der Waals surface area contributed by atoms with Gasteiger partial charge in [0, 0.05) is 13.5 Å². The van der Waals surface area contributed by atoms with Crippen LogP contribution in [0.2, 0.25) is 0 Å². The molecular formula is C20H23N5O3S. The van der Waals surface area contributed by atoms with E-state index in [0.717, 1.165) is 24.1 Å². The average molecular weight is 414 g/mol. The molecule has 0 radical (unpaired) electrons. The van der Waals surface area contributed by atoms with Crippen LogP contribution in [0.3, 0.4) is 0 Å². The molecule has 9 heteroatoms. The Kier molecular flexibility index (Phi) is 5.78. The first-order valence-corrected chi connectivity index (χ1v) is 10.5. The maximum atomic E-state index is 10.5. The maximum Gasteiger partial charge on any atom is 0.189 e. The fourth-order valence-electron chi connectivity index (χ4n) is 3.21. The zero-order valence-corrected chi connectivity index (χ0v) is 17.1. The number of imidazole rings is 1. The number of hydrogen-bond acceptors (Lipinski definition) is 8. The summed E-state index contributed by atoms with van der Waals surface area (Å²) in [5.74, 6) is 7.78. The first-order valence-electron chi connectivity index (χ1n) is 9.62. The van der Waals surface area contributed by atoms with E-state index in [0.29, 0.717) is 28.6 Å². The molecule has 3 atom stereocenters. The van der Waals surface area contributed by atoms with Crippen molar-refractivity contribution >= 4 is 28.3 Å². The first-order chi connectivity index (χ1) is 14.1. The Hall–Kier alpha value is -2.51. The van der Waals surface area contributed by atoms with E-state index < -0.39 is 18.4 Å². The third-order valence-electron chi connectivity index (χ3n) is 4.75. The van der Waals surface area contributed by atoms with Crippen molar-refractivity contribution in [2.45, 2.75) is 44.6 Å². The van der Waals surface area contributed by atoms with Gasteiger partial charge in [0.1, 0.15) is 12.2 Å². The Bertz CT molecular complexity index is 1050. The molecule has 0 bridgehead atoms. The first kappa shape index (κ1) is 19.8. The number of unbranched alkanes of at least 4 members (excludes halogenated alkanes) is 2. The minimum Gasteiger partial charge on any atom is -0.388 e.